The molecule has 0 N–H and O–H groups in total. The fourth-order valence-corrected chi connectivity index (χ4v) is 3.22. The molecule has 1 heterocycles. The summed E-state index contributed by atoms with van der Waals surface area (Å²) < 4.78 is 19.0. The van der Waals surface area contributed by atoms with Crippen LogP contribution in [0.2, 0.25) is 10.0 Å². The number of halogens is 3. The molecule has 0 aliphatic heterocycles. The van der Waals surface area contributed by atoms with Crippen LogP contribution in [0.5, 0.6) is 5.88 Å². The molecular formula is C23H15Cl2FN2O. The lowest BCUT2D eigenvalue weighted by molar-refractivity contribution is 0.293. The molecule has 4 rings (SSSR count). The van der Waals surface area contributed by atoms with Gasteiger partial charge in [0, 0.05) is 10.0 Å². The van der Waals surface area contributed by atoms with Crippen molar-refractivity contribution in [3.63, 3.8) is 0 Å². The second-order valence-corrected chi connectivity index (χ2v) is 7.16. The summed E-state index contributed by atoms with van der Waals surface area (Å²) in [7, 11) is 0. The molecule has 144 valence electrons. The summed E-state index contributed by atoms with van der Waals surface area (Å²) in [5.74, 6) is 0.0945. The van der Waals surface area contributed by atoms with Crippen molar-refractivity contribution in [1.29, 1.82) is 0 Å². The molecule has 0 saturated carbocycles. The van der Waals surface area contributed by atoms with E-state index in [0.717, 1.165) is 22.2 Å². The molecule has 0 unspecified atom stereocenters. The van der Waals surface area contributed by atoms with Gasteiger partial charge in [0.15, 0.2) is 0 Å². The normalized spacial score (nSPS) is 11.3. The Morgan fingerprint density at radius 1 is 0.862 bits per heavy atom. The fraction of sp³-hybridized carbons (Fsp3) is 0.0435. The Balaban J connectivity index is 1.67. The molecule has 0 aliphatic rings. The Morgan fingerprint density at radius 3 is 2.31 bits per heavy atom. The van der Waals surface area contributed by atoms with Gasteiger partial charge in [-0.25, -0.2) is 14.4 Å². The number of fused-ring (bicyclic) bond motifs is 1. The van der Waals surface area contributed by atoms with Gasteiger partial charge in [0.25, 0.3) is 0 Å². The van der Waals surface area contributed by atoms with Crippen LogP contribution in [0.15, 0.2) is 66.7 Å². The van der Waals surface area contributed by atoms with E-state index in [1.807, 2.05) is 36.4 Å². The van der Waals surface area contributed by atoms with Gasteiger partial charge in [-0.15, -0.1) is 0 Å². The maximum atomic E-state index is 13.1. The Hall–Kier alpha value is -2.95. The number of benzene rings is 3. The maximum absolute atomic E-state index is 13.1. The van der Waals surface area contributed by atoms with Crippen LogP contribution >= 0.6 is 23.2 Å². The quantitative estimate of drug-likeness (QED) is 0.352. The van der Waals surface area contributed by atoms with Crippen molar-refractivity contribution < 1.29 is 9.13 Å². The average Bonchev–Trinajstić information content (AvgIpc) is 2.72. The Morgan fingerprint density at radius 2 is 1.59 bits per heavy atom. The lowest BCUT2D eigenvalue weighted by atomic mass is 10.2. The van der Waals surface area contributed by atoms with E-state index in [1.54, 1.807) is 30.3 Å². The minimum atomic E-state index is -0.289. The molecule has 0 saturated heterocycles. The molecule has 0 bridgehead atoms. The fourth-order valence-electron chi connectivity index (χ4n) is 2.75. The second kappa shape index (κ2) is 8.60. The molecule has 3 aromatic carbocycles. The van der Waals surface area contributed by atoms with Crippen LogP contribution in [-0.4, -0.2) is 9.97 Å². The first-order chi connectivity index (χ1) is 14.1. The first kappa shape index (κ1) is 19.4. The highest BCUT2D eigenvalue weighted by Crippen LogP contribution is 2.25. The van der Waals surface area contributed by atoms with Gasteiger partial charge >= 0.3 is 0 Å². The highest BCUT2D eigenvalue weighted by molar-refractivity contribution is 6.35. The van der Waals surface area contributed by atoms with E-state index in [1.165, 1.54) is 12.1 Å². The molecule has 0 radical (unpaired) electrons. The van der Waals surface area contributed by atoms with Crippen molar-refractivity contribution >= 4 is 46.4 Å². The predicted molar refractivity (Wildman–Crippen MR) is 116 cm³/mol. The third-order valence-electron chi connectivity index (χ3n) is 4.24. The Kier molecular flexibility index (Phi) is 5.74. The highest BCUT2D eigenvalue weighted by Gasteiger charge is 2.09. The summed E-state index contributed by atoms with van der Waals surface area (Å²) in [6.07, 6.45) is 3.64. The van der Waals surface area contributed by atoms with Gasteiger partial charge in [0.2, 0.25) is 5.88 Å². The van der Waals surface area contributed by atoms with Crippen molar-refractivity contribution in [2.75, 3.05) is 0 Å². The van der Waals surface area contributed by atoms with Crippen molar-refractivity contribution in [1.82, 2.24) is 9.97 Å². The summed E-state index contributed by atoms with van der Waals surface area (Å²) >= 11 is 12.2. The number of para-hydroxylation sites is 2. The number of hydrogen-bond acceptors (Lipinski definition) is 3. The molecule has 4 aromatic rings. The molecule has 1 aromatic heterocycles. The topological polar surface area (TPSA) is 35.0 Å². The number of hydrogen-bond donors (Lipinski definition) is 0. The summed E-state index contributed by atoms with van der Waals surface area (Å²) in [6, 6.07) is 19.0. The molecule has 0 amide bonds. The van der Waals surface area contributed by atoms with E-state index in [2.05, 4.69) is 9.97 Å². The van der Waals surface area contributed by atoms with Crippen LogP contribution in [0.1, 0.15) is 16.8 Å². The summed E-state index contributed by atoms with van der Waals surface area (Å²) in [6.45, 7) is 0.246. The van der Waals surface area contributed by atoms with E-state index in [-0.39, 0.29) is 12.4 Å². The van der Waals surface area contributed by atoms with Gasteiger partial charge in [-0.05, 0) is 53.6 Å². The van der Waals surface area contributed by atoms with Gasteiger partial charge in [-0.3, -0.25) is 0 Å². The number of aromatic nitrogens is 2. The zero-order valence-electron chi connectivity index (χ0n) is 15.1. The third kappa shape index (κ3) is 4.73. The van der Waals surface area contributed by atoms with E-state index in [4.69, 9.17) is 27.9 Å². The second-order valence-electron chi connectivity index (χ2n) is 6.32. The minimum Gasteiger partial charge on any atom is -0.471 e. The van der Waals surface area contributed by atoms with Gasteiger partial charge in [0.1, 0.15) is 18.1 Å². The first-order valence-corrected chi connectivity index (χ1v) is 9.61. The molecule has 3 nitrogen and oxygen atoms in total. The van der Waals surface area contributed by atoms with Crippen LogP contribution in [0.4, 0.5) is 4.39 Å². The largest absolute Gasteiger partial charge is 0.471 e. The zero-order valence-corrected chi connectivity index (χ0v) is 16.7. The van der Waals surface area contributed by atoms with E-state index in [9.17, 15) is 4.39 Å². The summed E-state index contributed by atoms with van der Waals surface area (Å²) in [5.41, 5.74) is 3.68. The molecule has 0 aliphatic carbocycles. The lowest BCUT2D eigenvalue weighted by Crippen LogP contribution is -2.01. The number of rotatable bonds is 5. The number of nitrogens with zero attached hydrogens (tertiary/aromatic N) is 2. The third-order valence-corrected chi connectivity index (χ3v) is 4.80. The minimum absolute atomic E-state index is 0.246. The van der Waals surface area contributed by atoms with Crippen molar-refractivity contribution in [2.45, 2.75) is 6.61 Å². The van der Waals surface area contributed by atoms with Crippen LogP contribution in [0, 0.1) is 5.82 Å². The Labute approximate surface area is 177 Å². The molecule has 6 heteroatoms. The van der Waals surface area contributed by atoms with Gasteiger partial charge in [0.05, 0.1) is 11.0 Å². The van der Waals surface area contributed by atoms with Crippen molar-refractivity contribution in [3.05, 3.63) is 99.4 Å². The maximum Gasteiger partial charge on any atom is 0.240 e. The molecular weight excluding hydrogens is 410 g/mol. The SMILES string of the molecule is Fc1ccc(COc2nc3ccccc3nc2/C=C\c2ccc(Cl)cc2Cl)cc1. The molecule has 0 fully saturated rings. The van der Waals surface area contributed by atoms with E-state index >= 15 is 0 Å². The summed E-state index contributed by atoms with van der Waals surface area (Å²) in [5, 5.41) is 1.11. The van der Waals surface area contributed by atoms with Crippen molar-refractivity contribution in [2.24, 2.45) is 0 Å². The van der Waals surface area contributed by atoms with Gasteiger partial charge in [-0.2, -0.15) is 0 Å². The van der Waals surface area contributed by atoms with E-state index < -0.39 is 0 Å². The van der Waals surface area contributed by atoms with Crippen LogP contribution < -0.4 is 4.74 Å². The monoisotopic (exact) mass is 424 g/mol. The highest BCUT2D eigenvalue weighted by atomic mass is 35.5. The molecule has 0 spiro atoms. The smallest absolute Gasteiger partial charge is 0.240 e. The standard InChI is InChI=1S/C23H15Cl2FN2O/c24-17-9-7-16(19(25)13-17)8-12-22-23(28-21-4-2-1-3-20(21)27-22)29-14-15-5-10-18(26)11-6-15/h1-13H,14H2/b12-8-. The Bertz CT molecular complexity index is 1190. The predicted octanol–water partition coefficient (Wildman–Crippen LogP) is 6.83. The summed E-state index contributed by atoms with van der Waals surface area (Å²) in [4.78, 5) is 9.25. The lowest BCUT2D eigenvalue weighted by Gasteiger charge is -2.09. The van der Waals surface area contributed by atoms with Crippen LogP contribution in [0.25, 0.3) is 23.2 Å². The van der Waals surface area contributed by atoms with Crippen LogP contribution in [-0.2, 0) is 6.61 Å². The number of ether oxygens (including phenoxy) is 1. The first-order valence-electron chi connectivity index (χ1n) is 8.86. The molecule has 29 heavy (non-hydrogen) atoms. The van der Waals surface area contributed by atoms with E-state index in [0.29, 0.717) is 21.6 Å². The van der Waals surface area contributed by atoms with Gasteiger partial charge in [-0.1, -0.05) is 59.6 Å². The van der Waals surface area contributed by atoms with Crippen LogP contribution in [0.3, 0.4) is 0 Å². The average molecular weight is 425 g/mol. The van der Waals surface area contributed by atoms with Crippen molar-refractivity contribution in [3.8, 4) is 5.88 Å². The zero-order chi connectivity index (χ0) is 20.2. The molecule has 0 atom stereocenters. The van der Waals surface area contributed by atoms with Gasteiger partial charge < -0.3 is 4.74 Å².